The quantitative estimate of drug-likeness (QED) is 0.851. The molecule has 0 aromatic heterocycles. The second-order valence-electron chi connectivity index (χ2n) is 6.17. The second-order valence-corrected chi connectivity index (χ2v) is 6.17. The third kappa shape index (κ3) is 2.19. The fourth-order valence-corrected chi connectivity index (χ4v) is 2.28. The van der Waals surface area contributed by atoms with E-state index in [0.29, 0.717) is 0 Å². The number of rotatable bonds is 2. The molecule has 0 amide bonds. The highest BCUT2D eigenvalue weighted by molar-refractivity contribution is 5.51. The lowest BCUT2D eigenvalue weighted by Crippen LogP contribution is -2.17. The normalized spacial score (nSPS) is 18.0. The lowest BCUT2D eigenvalue weighted by atomic mass is 9.83. The molecule has 1 aliphatic carbocycles. The van der Waals surface area contributed by atoms with E-state index in [0.717, 1.165) is 24.2 Å². The van der Waals surface area contributed by atoms with Crippen LogP contribution in [-0.4, -0.2) is 12.2 Å². The topological polar surface area (TPSA) is 29.5 Å². The molecule has 0 bridgehead atoms. The van der Waals surface area contributed by atoms with Gasteiger partial charge in [-0.25, -0.2) is 0 Å². The van der Waals surface area contributed by atoms with Crippen LogP contribution in [0, 0.1) is 6.92 Å². The van der Waals surface area contributed by atoms with Crippen molar-refractivity contribution in [2.24, 2.45) is 0 Å². The van der Waals surface area contributed by atoms with Gasteiger partial charge in [0.2, 0.25) is 0 Å². The van der Waals surface area contributed by atoms with E-state index < -0.39 is 5.60 Å². The van der Waals surface area contributed by atoms with Crippen LogP contribution in [0.25, 0.3) is 0 Å². The van der Waals surface area contributed by atoms with Gasteiger partial charge in [-0.1, -0.05) is 32.4 Å². The summed E-state index contributed by atoms with van der Waals surface area (Å²) in [5, 5.41) is 10.3. The molecule has 0 heterocycles. The second kappa shape index (κ2) is 3.74. The standard InChI is InChI=1S/C15H22O2/c1-10-8-11(14(2,3)4)13(17-5)12(9-10)15(16)6-7-15/h8-9,16H,6-7H2,1-5H3. The highest BCUT2D eigenvalue weighted by Gasteiger charge is 2.45. The molecule has 0 saturated heterocycles. The van der Waals surface area contributed by atoms with Crippen molar-refractivity contribution in [2.75, 3.05) is 7.11 Å². The molecule has 2 rings (SSSR count). The van der Waals surface area contributed by atoms with Crippen molar-refractivity contribution in [3.63, 3.8) is 0 Å². The summed E-state index contributed by atoms with van der Waals surface area (Å²) >= 11 is 0. The zero-order valence-corrected chi connectivity index (χ0v) is 11.4. The average Bonchev–Trinajstić information content (AvgIpc) is 2.95. The third-order valence-corrected chi connectivity index (χ3v) is 3.47. The molecule has 0 atom stereocenters. The SMILES string of the molecule is COc1c(C(C)(C)C)cc(C)cc1C1(O)CC1. The molecule has 0 radical (unpaired) electrons. The summed E-state index contributed by atoms with van der Waals surface area (Å²) in [6.07, 6.45) is 1.69. The maximum absolute atomic E-state index is 10.3. The molecule has 0 unspecified atom stereocenters. The molecular weight excluding hydrogens is 212 g/mol. The molecule has 1 aromatic carbocycles. The predicted octanol–water partition coefficient (Wildman–Crippen LogP) is 3.28. The van der Waals surface area contributed by atoms with Gasteiger partial charge in [0.05, 0.1) is 12.7 Å². The van der Waals surface area contributed by atoms with E-state index in [4.69, 9.17) is 4.74 Å². The summed E-state index contributed by atoms with van der Waals surface area (Å²) in [5.41, 5.74) is 2.71. The smallest absolute Gasteiger partial charge is 0.128 e. The first-order chi connectivity index (χ1) is 7.78. The largest absolute Gasteiger partial charge is 0.496 e. The number of ether oxygens (including phenoxy) is 1. The van der Waals surface area contributed by atoms with Gasteiger partial charge in [-0.3, -0.25) is 0 Å². The van der Waals surface area contributed by atoms with Gasteiger partial charge in [0.1, 0.15) is 5.75 Å². The Labute approximate surface area is 104 Å². The number of hydrogen-bond acceptors (Lipinski definition) is 2. The van der Waals surface area contributed by atoms with E-state index in [9.17, 15) is 5.11 Å². The van der Waals surface area contributed by atoms with Gasteiger partial charge in [-0.15, -0.1) is 0 Å². The van der Waals surface area contributed by atoms with E-state index in [1.54, 1.807) is 7.11 Å². The molecule has 1 saturated carbocycles. The minimum absolute atomic E-state index is 0.0252. The summed E-state index contributed by atoms with van der Waals surface area (Å²) in [5.74, 6) is 0.864. The van der Waals surface area contributed by atoms with Crippen molar-refractivity contribution in [3.05, 3.63) is 28.8 Å². The summed E-state index contributed by atoms with van der Waals surface area (Å²) < 4.78 is 5.56. The van der Waals surface area contributed by atoms with Crippen LogP contribution in [0.2, 0.25) is 0 Å². The van der Waals surface area contributed by atoms with E-state index in [1.807, 2.05) is 0 Å². The van der Waals surface area contributed by atoms with Crippen LogP contribution in [0.5, 0.6) is 5.75 Å². The molecule has 94 valence electrons. The number of benzene rings is 1. The van der Waals surface area contributed by atoms with Gasteiger partial charge in [-0.05, 0) is 31.2 Å². The Bertz CT molecular complexity index is 410. The molecule has 1 aliphatic rings. The van der Waals surface area contributed by atoms with Gasteiger partial charge < -0.3 is 9.84 Å². The van der Waals surface area contributed by atoms with Crippen LogP contribution in [0.1, 0.15) is 50.3 Å². The first-order valence-corrected chi connectivity index (χ1v) is 6.20. The maximum Gasteiger partial charge on any atom is 0.128 e. The zero-order valence-electron chi connectivity index (χ0n) is 11.4. The van der Waals surface area contributed by atoms with E-state index in [1.165, 1.54) is 11.1 Å². The molecule has 1 fully saturated rings. The molecule has 0 spiro atoms. The van der Waals surface area contributed by atoms with Gasteiger partial charge >= 0.3 is 0 Å². The van der Waals surface area contributed by atoms with Crippen LogP contribution >= 0.6 is 0 Å². The first kappa shape index (κ1) is 12.4. The monoisotopic (exact) mass is 234 g/mol. The van der Waals surface area contributed by atoms with Crippen molar-refractivity contribution in [1.82, 2.24) is 0 Å². The van der Waals surface area contributed by atoms with Gasteiger partial charge in [0, 0.05) is 11.1 Å². The molecule has 17 heavy (non-hydrogen) atoms. The lowest BCUT2D eigenvalue weighted by Gasteiger charge is -2.26. The summed E-state index contributed by atoms with van der Waals surface area (Å²) in [6.45, 7) is 8.59. The van der Waals surface area contributed by atoms with E-state index >= 15 is 0 Å². The summed E-state index contributed by atoms with van der Waals surface area (Å²) in [6, 6.07) is 4.22. The minimum Gasteiger partial charge on any atom is -0.496 e. The van der Waals surface area contributed by atoms with Crippen molar-refractivity contribution in [3.8, 4) is 5.75 Å². The Hall–Kier alpha value is -1.02. The Morgan fingerprint density at radius 1 is 1.24 bits per heavy atom. The maximum atomic E-state index is 10.3. The zero-order chi connectivity index (χ0) is 12.8. The Kier molecular flexibility index (Phi) is 2.74. The number of aryl methyl sites for hydroxylation is 1. The molecule has 0 aliphatic heterocycles. The molecule has 2 heteroatoms. The van der Waals surface area contributed by atoms with Crippen molar-refractivity contribution in [1.29, 1.82) is 0 Å². The highest BCUT2D eigenvalue weighted by Crippen LogP contribution is 2.51. The summed E-state index contributed by atoms with van der Waals surface area (Å²) in [7, 11) is 1.69. The Morgan fingerprint density at radius 3 is 2.24 bits per heavy atom. The Balaban J connectivity index is 2.64. The van der Waals surface area contributed by atoms with Crippen LogP contribution in [0.4, 0.5) is 0 Å². The van der Waals surface area contributed by atoms with Crippen LogP contribution in [-0.2, 0) is 11.0 Å². The molecule has 1 aromatic rings. The van der Waals surface area contributed by atoms with Crippen LogP contribution < -0.4 is 4.74 Å². The number of methoxy groups -OCH3 is 1. The average molecular weight is 234 g/mol. The van der Waals surface area contributed by atoms with Gasteiger partial charge in [0.15, 0.2) is 0 Å². The fraction of sp³-hybridized carbons (Fsp3) is 0.600. The predicted molar refractivity (Wildman–Crippen MR) is 69.6 cm³/mol. The van der Waals surface area contributed by atoms with Crippen molar-refractivity contribution >= 4 is 0 Å². The first-order valence-electron chi connectivity index (χ1n) is 6.20. The summed E-state index contributed by atoms with van der Waals surface area (Å²) in [4.78, 5) is 0. The molecule has 1 N–H and O–H groups in total. The number of hydrogen-bond donors (Lipinski definition) is 1. The lowest BCUT2D eigenvalue weighted by molar-refractivity contribution is 0.147. The van der Waals surface area contributed by atoms with E-state index in [2.05, 4.69) is 39.8 Å². The van der Waals surface area contributed by atoms with Gasteiger partial charge in [-0.2, -0.15) is 0 Å². The van der Waals surface area contributed by atoms with Crippen LogP contribution in [0.3, 0.4) is 0 Å². The van der Waals surface area contributed by atoms with E-state index in [-0.39, 0.29) is 5.41 Å². The molecule has 2 nitrogen and oxygen atoms in total. The molecular formula is C15H22O2. The Morgan fingerprint density at radius 2 is 1.82 bits per heavy atom. The number of aliphatic hydroxyl groups is 1. The third-order valence-electron chi connectivity index (χ3n) is 3.47. The fourth-order valence-electron chi connectivity index (χ4n) is 2.28. The van der Waals surface area contributed by atoms with Crippen LogP contribution in [0.15, 0.2) is 12.1 Å². The minimum atomic E-state index is -0.642. The van der Waals surface area contributed by atoms with Gasteiger partial charge in [0.25, 0.3) is 0 Å². The van der Waals surface area contributed by atoms with Crippen molar-refractivity contribution < 1.29 is 9.84 Å². The highest BCUT2D eigenvalue weighted by atomic mass is 16.5. The van der Waals surface area contributed by atoms with Crippen molar-refractivity contribution in [2.45, 2.75) is 51.6 Å².